The molecule has 0 aliphatic carbocycles. The standard InChI is InChI=1S/C13H17NO6/c1-2-20-10-5-3-4-9(13(10)19)6-14(7-11(15)16)8-12(17)18/h3-5,19H,2,6-8H2,1H3,(H,15,16)(H,17,18). The zero-order valence-corrected chi connectivity index (χ0v) is 11.1. The molecule has 0 fully saturated rings. The fourth-order valence-corrected chi connectivity index (χ4v) is 1.76. The third-order valence-corrected chi connectivity index (χ3v) is 2.49. The van der Waals surface area contributed by atoms with Crippen LogP contribution in [0.2, 0.25) is 0 Å². The molecule has 20 heavy (non-hydrogen) atoms. The van der Waals surface area contributed by atoms with Crippen molar-refractivity contribution in [1.29, 1.82) is 0 Å². The molecule has 0 atom stereocenters. The number of hydrogen-bond donors (Lipinski definition) is 3. The molecule has 7 heteroatoms. The van der Waals surface area contributed by atoms with Gasteiger partial charge in [-0.1, -0.05) is 12.1 Å². The molecule has 0 heterocycles. The lowest BCUT2D eigenvalue weighted by atomic mass is 10.1. The molecule has 0 unspecified atom stereocenters. The van der Waals surface area contributed by atoms with Crippen LogP contribution in [0.4, 0.5) is 0 Å². The molecule has 0 aliphatic rings. The first-order valence-corrected chi connectivity index (χ1v) is 6.03. The van der Waals surface area contributed by atoms with Crippen LogP contribution in [-0.4, -0.2) is 51.9 Å². The van der Waals surface area contributed by atoms with Crippen molar-refractivity contribution in [2.24, 2.45) is 0 Å². The summed E-state index contributed by atoms with van der Waals surface area (Å²) in [5, 5.41) is 27.5. The highest BCUT2D eigenvalue weighted by Crippen LogP contribution is 2.30. The number of para-hydroxylation sites is 1. The van der Waals surface area contributed by atoms with E-state index < -0.39 is 25.0 Å². The monoisotopic (exact) mass is 283 g/mol. The molecule has 0 aromatic heterocycles. The molecule has 0 saturated heterocycles. The average molecular weight is 283 g/mol. The molecule has 1 rings (SSSR count). The van der Waals surface area contributed by atoms with Gasteiger partial charge in [0.15, 0.2) is 11.5 Å². The van der Waals surface area contributed by atoms with E-state index in [0.29, 0.717) is 12.2 Å². The third-order valence-electron chi connectivity index (χ3n) is 2.49. The molecule has 0 amide bonds. The number of rotatable bonds is 8. The maximum Gasteiger partial charge on any atom is 0.317 e. The minimum atomic E-state index is -1.13. The van der Waals surface area contributed by atoms with Gasteiger partial charge in [-0.3, -0.25) is 14.5 Å². The number of aliphatic carboxylic acids is 2. The Kier molecular flexibility index (Phi) is 5.79. The summed E-state index contributed by atoms with van der Waals surface area (Å²) in [6.45, 7) is 1.30. The van der Waals surface area contributed by atoms with Gasteiger partial charge in [-0.05, 0) is 13.0 Å². The van der Waals surface area contributed by atoms with Crippen LogP contribution < -0.4 is 4.74 Å². The van der Waals surface area contributed by atoms with E-state index in [1.807, 2.05) is 0 Å². The Hall–Kier alpha value is -2.28. The lowest BCUT2D eigenvalue weighted by Crippen LogP contribution is -2.34. The molecule has 1 aromatic carbocycles. The van der Waals surface area contributed by atoms with Gasteiger partial charge in [0.2, 0.25) is 0 Å². The number of aromatic hydroxyl groups is 1. The molecule has 0 bridgehead atoms. The second-order valence-electron chi connectivity index (χ2n) is 4.13. The van der Waals surface area contributed by atoms with Gasteiger partial charge in [-0.2, -0.15) is 0 Å². The highest BCUT2D eigenvalue weighted by molar-refractivity contribution is 5.72. The highest BCUT2D eigenvalue weighted by atomic mass is 16.5. The van der Waals surface area contributed by atoms with E-state index in [-0.39, 0.29) is 18.0 Å². The van der Waals surface area contributed by atoms with E-state index in [4.69, 9.17) is 14.9 Å². The minimum Gasteiger partial charge on any atom is -0.504 e. The normalized spacial score (nSPS) is 10.5. The van der Waals surface area contributed by atoms with E-state index in [1.54, 1.807) is 25.1 Å². The fourth-order valence-electron chi connectivity index (χ4n) is 1.76. The van der Waals surface area contributed by atoms with Crippen molar-refractivity contribution in [3.63, 3.8) is 0 Å². The summed E-state index contributed by atoms with van der Waals surface area (Å²) in [4.78, 5) is 22.6. The Labute approximate surface area is 116 Å². The quantitative estimate of drug-likeness (QED) is 0.646. The Morgan fingerprint density at radius 3 is 2.30 bits per heavy atom. The van der Waals surface area contributed by atoms with Crippen molar-refractivity contribution in [2.45, 2.75) is 13.5 Å². The van der Waals surface area contributed by atoms with E-state index in [1.165, 1.54) is 4.90 Å². The summed E-state index contributed by atoms with van der Waals surface area (Å²) in [5.41, 5.74) is 0.415. The second-order valence-corrected chi connectivity index (χ2v) is 4.13. The van der Waals surface area contributed by atoms with Crippen LogP contribution >= 0.6 is 0 Å². The average Bonchev–Trinajstić information content (AvgIpc) is 2.32. The van der Waals surface area contributed by atoms with Gasteiger partial charge in [-0.15, -0.1) is 0 Å². The number of nitrogens with zero attached hydrogens (tertiary/aromatic N) is 1. The maximum absolute atomic E-state index is 10.7. The molecular weight excluding hydrogens is 266 g/mol. The van der Waals surface area contributed by atoms with Gasteiger partial charge in [0.1, 0.15) is 0 Å². The van der Waals surface area contributed by atoms with Crippen molar-refractivity contribution >= 4 is 11.9 Å². The van der Waals surface area contributed by atoms with E-state index in [9.17, 15) is 14.7 Å². The van der Waals surface area contributed by atoms with E-state index in [2.05, 4.69) is 0 Å². The zero-order valence-electron chi connectivity index (χ0n) is 11.1. The smallest absolute Gasteiger partial charge is 0.317 e. The number of hydrogen-bond acceptors (Lipinski definition) is 5. The molecule has 0 aliphatic heterocycles. The van der Waals surface area contributed by atoms with Crippen molar-refractivity contribution in [1.82, 2.24) is 4.90 Å². The SMILES string of the molecule is CCOc1cccc(CN(CC(=O)O)CC(=O)O)c1O. The maximum atomic E-state index is 10.7. The van der Waals surface area contributed by atoms with Gasteiger partial charge < -0.3 is 20.1 Å². The summed E-state index contributed by atoms with van der Waals surface area (Å²) in [6.07, 6.45) is 0. The topological polar surface area (TPSA) is 107 Å². The Morgan fingerprint density at radius 2 is 1.80 bits per heavy atom. The van der Waals surface area contributed by atoms with Crippen LogP contribution in [0.1, 0.15) is 12.5 Å². The predicted octanol–water partition coefficient (Wildman–Crippen LogP) is 0.762. The van der Waals surface area contributed by atoms with Gasteiger partial charge in [-0.25, -0.2) is 0 Å². The molecule has 0 saturated carbocycles. The van der Waals surface area contributed by atoms with Gasteiger partial charge in [0, 0.05) is 12.1 Å². The molecule has 110 valence electrons. The predicted molar refractivity (Wildman–Crippen MR) is 69.8 cm³/mol. The summed E-state index contributed by atoms with van der Waals surface area (Å²) < 4.78 is 5.22. The van der Waals surface area contributed by atoms with Gasteiger partial charge in [0.25, 0.3) is 0 Å². The first-order valence-electron chi connectivity index (χ1n) is 6.03. The largest absolute Gasteiger partial charge is 0.504 e. The summed E-state index contributed by atoms with van der Waals surface area (Å²) in [6, 6.07) is 4.83. The molecule has 0 radical (unpaired) electrons. The summed E-state index contributed by atoms with van der Waals surface area (Å²) in [7, 11) is 0. The van der Waals surface area contributed by atoms with E-state index >= 15 is 0 Å². The number of carboxylic acids is 2. The molecule has 7 nitrogen and oxygen atoms in total. The first kappa shape index (κ1) is 15.8. The van der Waals surface area contributed by atoms with Crippen LogP contribution in [-0.2, 0) is 16.1 Å². The number of ether oxygens (including phenoxy) is 1. The second kappa shape index (κ2) is 7.34. The fraction of sp³-hybridized carbons (Fsp3) is 0.385. The third kappa shape index (κ3) is 4.77. The Balaban J connectivity index is 2.89. The summed E-state index contributed by atoms with van der Waals surface area (Å²) >= 11 is 0. The lowest BCUT2D eigenvalue weighted by Gasteiger charge is -2.19. The Morgan fingerprint density at radius 1 is 1.20 bits per heavy atom. The first-order chi connectivity index (χ1) is 9.43. The Bertz CT molecular complexity index is 472. The molecule has 1 aromatic rings. The summed E-state index contributed by atoms with van der Waals surface area (Å²) in [5.74, 6) is -2.08. The van der Waals surface area contributed by atoms with Crippen LogP contribution in [0.3, 0.4) is 0 Å². The molecule has 3 N–H and O–H groups in total. The van der Waals surface area contributed by atoms with Crippen LogP contribution in [0, 0.1) is 0 Å². The number of phenols is 1. The van der Waals surface area contributed by atoms with Crippen molar-refractivity contribution in [2.75, 3.05) is 19.7 Å². The van der Waals surface area contributed by atoms with Crippen molar-refractivity contribution in [3.8, 4) is 11.5 Å². The van der Waals surface area contributed by atoms with Crippen LogP contribution in [0.5, 0.6) is 11.5 Å². The van der Waals surface area contributed by atoms with E-state index in [0.717, 1.165) is 0 Å². The number of carbonyl (C=O) groups is 2. The van der Waals surface area contributed by atoms with Crippen LogP contribution in [0.15, 0.2) is 18.2 Å². The lowest BCUT2D eigenvalue weighted by molar-refractivity contribution is -0.142. The zero-order chi connectivity index (χ0) is 15.1. The number of benzene rings is 1. The van der Waals surface area contributed by atoms with Crippen molar-refractivity contribution in [3.05, 3.63) is 23.8 Å². The van der Waals surface area contributed by atoms with Crippen molar-refractivity contribution < 1.29 is 29.6 Å². The number of carboxylic acid groups (broad SMARTS) is 2. The highest BCUT2D eigenvalue weighted by Gasteiger charge is 2.17. The van der Waals surface area contributed by atoms with Gasteiger partial charge >= 0.3 is 11.9 Å². The molecule has 0 spiro atoms. The van der Waals surface area contributed by atoms with Crippen LogP contribution in [0.25, 0.3) is 0 Å². The van der Waals surface area contributed by atoms with Gasteiger partial charge in [0.05, 0.1) is 19.7 Å². The minimum absolute atomic E-state index is 0.00531. The number of phenolic OH excluding ortho intramolecular Hbond substituents is 1. The molecular formula is C13H17NO6.